The van der Waals surface area contributed by atoms with Crippen molar-refractivity contribution in [2.24, 2.45) is 0 Å². The summed E-state index contributed by atoms with van der Waals surface area (Å²) in [6.07, 6.45) is 4.08. The third-order valence-corrected chi connectivity index (χ3v) is 5.00. The lowest BCUT2D eigenvalue weighted by atomic mass is 10.1. The van der Waals surface area contributed by atoms with E-state index in [1.165, 1.54) is 23.1 Å². The zero-order chi connectivity index (χ0) is 17.0. The molecule has 0 spiro atoms. The SMILES string of the molecule is CCc1oncc1NS(=O)(=O)c1ccnn1CCc1ccccc1. The predicted octanol–water partition coefficient (Wildman–Crippen LogP) is 2.48. The Morgan fingerprint density at radius 3 is 2.75 bits per heavy atom. The van der Waals surface area contributed by atoms with Gasteiger partial charge in [0.15, 0.2) is 10.8 Å². The van der Waals surface area contributed by atoms with Crippen molar-refractivity contribution in [3.05, 3.63) is 60.1 Å². The molecule has 0 aliphatic carbocycles. The van der Waals surface area contributed by atoms with Crippen molar-refractivity contribution in [1.29, 1.82) is 0 Å². The molecule has 0 fully saturated rings. The second-order valence-corrected chi connectivity index (χ2v) is 6.88. The second-order valence-electron chi connectivity index (χ2n) is 5.25. The molecule has 0 radical (unpaired) electrons. The molecule has 3 aromatic rings. The van der Waals surface area contributed by atoms with Gasteiger partial charge in [-0.05, 0) is 18.1 Å². The van der Waals surface area contributed by atoms with E-state index in [4.69, 9.17) is 4.52 Å². The van der Waals surface area contributed by atoms with E-state index in [0.717, 1.165) is 5.56 Å². The third-order valence-electron chi connectivity index (χ3n) is 3.62. The number of hydrogen-bond donors (Lipinski definition) is 1. The van der Waals surface area contributed by atoms with Crippen LogP contribution >= 0.6 is 0 Å². The maximum atomic E-state index is 12.6. The zero-order valence-electron chi connectivity index (χ0n) is 13.2. The molecule has 3 rings (SSSR count). The van der Waals surface area contributed by atoms with Crippen LogP contribution in [0.2, 0.25) is 0 Å². The van der Waals surface area contributed by atoms with E-state index in [1.807, 2.05) is 37.3 Å². The summed E-state index contributed by atoms with van der Waals surface area (Å²) in [5, 5.41) is 7.87. The van der Waals surface area contributed by atoms with Gasteiger partial charge >= 0.3 is 0 Å². The van der Waals surface area contributed by atoms with Crippen LogP contribution in [-0.4, -0.2) is 23.4 Å². The van der Waals surface area contributed by atoms with Crippen LogP contribution in [0.3, 0.4) is 0 Å². The van der Waals surface area contributed by atoms with Gasteiger partial charge in [-0.15, -0.1) is 0 Å². The summed E-state index contributed by atoms with van der Waals surface area (Å²) in [5.41, 5.74) is 1.48. The smallest absolute Gasteiger partial charge is 0.279 e. The molecular weight excluding hydrogens is 328 g/mol. The van der Waals surface area contributed by atoms with Gasteiger partial charge in [-0.1, -0.05) is 42.4 Å². The molecule has 0 aliphatic heterocycles. The molecule has 0 unspecified atom stereocenters. The molecule has 0 saturated heterocycles. The van der Waals surface area contributed by atoms with Gasteiger partial charge in [0.1, 0.15) is 5.69 Å². The summed E-state index contributed by atoms with van der Waals surface area (Å²) in [7, 11) is -3.76. The number of sulfonamides is 1. The highest BCUT2D eigenvalue weighted by Crippen LogP contribution is 2.20. The van der Waals surface area contributed by atoms with E-state index in [9.17, 15) is 8.42 Å². The van der Waals surface area contributed by atoms with Gasteiger partial charge in [0.05, 0.1) is 12.4 Å². The number of rotatable bonds is 7. The predicted molar refractivity (Wildman–Crippen MR) is 89.1 cm³/mol. The number of hydrogen-bond acceptors (Lipinski definition) is 5. The first-order valence-corrected chi connectivity index (χ1v) is 9.10. The molecule has 0 bridgehead atoms. The summed E-state index contributed by atoms with van der Waals surface area (Å²) in [6, 6.07) is 11.3. The van der Waals surface area contributed by atoms with Crippen molar-refractivity contribution in [2.75, 3.05) is 4.72 Å². The molecule has 1 N–H and O–H groups in total. The van der Waals surface area contributed by atoms with Gasteiger partial charge in [-0.3, -0.25) is 9.40 Å². The zero-order valence-corrected chi connectivity index (χ0v) is 14.0. The molecule has 0 saturated carbocycles. The summed E-state index contributed by atoms with van der Waals surface area (Å²) in [5.74, 6) is 0.494. The average Bonchev–Trinajstić information content (AvgIpc) is 3.22. The monoisotopic (exact) mass is 346 g/mol. The van der Waals surface area contributed by atoms with Gasteiger partial charge in [0, 0.05) is 13.0 Å². The van der Waals surface area contributed by atoms with E-state index >= 15 is 0 Å². The molecule has 0 aliphatic rings. The lowest BCUT2D eigenvalue weighted by Gasteiger charge is -2.10. The van der Waals surface area contributed by atoms with Crippen molar-refractivity contribution in [2.45, 2.75) is 31.3 Å². The Labute approximate surface area is 140 Å². The molecular formula is C16H18N4O3S. The Hall–Kier alpha value is -2.61. The van der Waals surface area contributed by atoms with E-state index in [1.54, 1.807) is 0 Å². The van der Waals surface area contributed by atoms with E-state index in [-0.39, 0.29) is 5.03 Å². The minimum Gasteiger partial charge on any atom is -0.359 e. The maximum absolute atomic E-state index is 12.6. The first-order chi connectivity index (χ1) is 11.6. The van der Waals surface area contributed by atoms with Crippen LogP contribution in [0, 0.1) is 0 Å². The molecule has 2 heterocycles. The molecule has 7 nitrogen and oxygen atoms in total. The van der Waals surface area contributed by atoms with Crippen LogP contribution in [0.5, 0.6) is 0 Å². The van der Waals surface area contributed by atoms with Gasteiger partial charge in [-0.25, -0.2) is 0 Å². The molecule has 24 heavy (non-hydrogen) atoms. The first kappa shape index (κ1) is 16.3. The fourth-order valence-electron chi connectivity index (χ4n) is 2.40. The average molecular weight is 346 g/mol. The van der Waals surface area contributed by atoms with E-state index in [2.05, 4.69) is 15.0 Å². The molecule has 2 aromatic heterocycles. The fourth-order valence-corrected chi connectivity index (χ4v) is 3.61. The van der Waals surface area contributed by atoms with Crippen molar-refractivity contribution >= 4 is 15.7 Å². The minimum absolute atomic E-state index is 0.113. The Morgan fingerprint density at radius 2 is 2.00 bits per heavy atom. The highest BCUT2D eigenvalue weighted by molar-refractivity contribution is 7.92. The fraction of sp³-hybridized carbons (Fsp3) is 0.250. The molecule has 0 atom stereocenters. The highest BCUT2D eigenvalue weighted by atomic mass is 32.2. The number of aryl methyl sites for hydroxylation is 3. The summed E-state index contributed by atoms with van der Waals surface area (Å²) in [4.78, 5) is 0. The Balaban J connectivity index is 1.78. The topological polar surface area (TPSA) is 90.0 Å². The van der Waals surface area contributed by atoms with Gasteiger partial charge in [0.25, 0.3) is 10.0 Å². The van der Waals surface area contributed by atoms with Crippen molar-refractivity contribution in [3.63, 3.8) is 0 Å². The summed E-state index contributed by atoms with van der Waals surface area (Å²) in [6.45, 7) is 2.33. The lowest BCUT2D eigenvalue weighted by molar-refractivity contribution is 0.387. The largest absolute Gasteiger partial charge is 0.359 e. The van der Waals surface area contributed by atoms with Crippen LogP contribution in [0.15, 0.2) is 58.3 Å². The Morgan fingerprint density at radius 1 is 1.21 bits per heavy atom. The van der Waals surface area contributed by atoms with Crippen LogP contribution in [0.25, 0.3) is 0 Å². The van der Waals surface area contributed by atoms with E-state index < -0.39 is 10.0 Å². The standard InChI is InChI=1S/C16H18N4O3S/c1-2-15-14(12-18-23-15)19-24(21,22)16-8-10-17-20(16)11-9-13-6-4-3-5-7-13/h3-8,10,12,19H,2,9,11H2,1H3. The number of benzene rings is 1. The maximum Gasteiger partial charge on any atom is 0.279 e. The van der Waals surface area contributed by atoms with Gasteiger partial charge in [0.2, 0.25) is 0 Å². The Kier molecular flexibility index (Phi) is 4.66. The van der Waals surface area contributed by atoms with Crippen LogP contribution in [0.4, 0.5) is 5.69 Å². The van der Waals surface area contributed by atoms with Crippen molar-refractivity contribution in [3.8, 4) is 0 Å². The second kappa shape index (κ2) is 6.88. The molecule has 1 aromatic carbocycles. The molecule has 8 heteroatoms. The lowest BCUT2D eigenvalue weighted by Crippen LogP contribution is -2.19. The van der Waals surface area contributed by atoms with Crippen LogP contribution < -0.4 is 4.72 Å². The Bertz CT molecular complexity index is 900. The van der Waals surface area contributed by atoms with Crippen molar-refractivity contribution < 1.29 is 12.9 Å². The van der Waals surface area contributed by atoms with Crippen LogP contribution in [0.1, 0.15) is 18.2 Å². The quantitative estimate of drug-likeness (QED) is 0.710. The summed E-state index contributed by atoms with van der Waals surface area (Å²) < 4.78 is 34.2. The van der Waals surface area contributed by atoms with E-state index in [0.29, 0.717) is 30.8 Å². The van der Waals surface area contributed by atoms with Gasteiger partial charge in [-0.2, -0.15) is 13.5 Å². The number of anilines is 1. The summed E-state index contributed by atoms with van der Waals surface area (Å²) >= 11 is 0. The minimum atomic E-state index is -3.76. The number of aromatic nitrogens is 3. The third kappa shape index (κ3) is 3.48. The first-order valence-electron chi connectivity index (χ1n) is 7.62. The highest BCUT2D eigenvalue weighted by Gasteiger charge is 2.22. The van der Waals surface area contributed by atoms with Crippen molar-refractivity contribution in [1.82, 2.24) is 14.9 Å². The molecule has 126 valence electrons. The number of nitrogens with zero attached hydrogens (tertiary/aromatic N) is 3. The molecule has 0 amide bonds. The number of nitrogens with one attached hydrogen (secondary N) is 1. The van der Waals surface area contributed by atoms with Gasteiger partial charge < -0.3 is 4.52 Å². The van der Waals surface area contributed by atoms with Crippen LogP contribution in [-0.2, 0) is 29.4 Å². The normalized spacial score (nSPS) is 11.5.